The summed E-state index contributed by atoms with van der Waals surface area (Å²) in [7, 11) is 2.37. The van der Waals surface area contributed by atoms with Gasteiger partial charge in [-0.25, -0.2) is 14.0 Å². The lowest BCUT2D eigenvalue weighted by atomic mass is 10.1. The van der Waals surface area contributed by atoms with E-state index in [4.69, 9.17) is 0 Å². The molecule has 22 heavy (non-hydrogen) atoms. The first kappa shape index (κ1) is 17.4. The van der Waals surface area contributed by atoms with Gasteiger partial charge in [0, 0.05) is 6.08 Å². The number of hydrogen-bond donors (Lipinski definition) is 1. The zero-order chi connectivity index (χ0) is 16.5. The Bertz CT molecular complexity index is 585. The van der Waals surface area contributed by atoms with Crippen LogP contribution in [0, 0.1) is 5.82 Å². The Morgan fingerprint density at radius 3 is 2.50 bits per heavy atom. The highest BCUT2D eigenvalue weighted by Gasteiger charge is 2.22. The smallest absolute Gasteiger partial charge is 0.330 e. The fourth-order valence-corrected chi connectivity index (χ4v) is 1.61. The van der Waals surface area contributed by atoms with E-state index < -0.39 is 29.7 Å². The molecule has 1 atom stereocenters. The summed E-state index contributed by atoms with van der Waals surface area (Å²) in [5.41, 5.74) is -0.187. The van der Waals surface area contributed by atoms with Crippen LogP contribution < -0.4 is 5.32 Å². The second-order valence-corrected chi connectivity index (χ2v) is 4.19. The fraction of sp³-hybridized carbons (Fsp3) is 0.267. The normalized spacial score (nSPS) is 11.8. The maximum atomic E-state index is 13.5. The minimum atomic E-state index is -1.04. The Labute approximate surface area is 126 Å². The summed E-state index contributed by atoms with van der Waals surface area (Å²) in [5.74, 6) is -2.75. The van der Waals surface area contributed by atoms with Gasteiger partial charge in [-0.15, -0.1) is 0 Å². The van der Waals surface area contributed by atoms with Crippen molar-refractivity contribution in [3.8, 4) is 0 Å². The van der Waals surface area contributed by atoms with Crippen LogP contribution in [0.1, 0.15) is 16.8 Å². The van der Waals surface area contributed by atoms with Crippen LogP contribution in [-0.4, -0.2) is 38.1 Å². The summed E-state index contributed by atoms with van der Waals surface area (Å²) >= 11 is 0. The van der Waals surface area contributed by atoms with Crippen molar-refractivity contribution in [3.63, 3.8) is 0 Å². The van der Waals surface area contributed by atoms with E-state index in [1.165, 1.54) is 31.4 Å². The number of nitrogens with one attached hydrogen (secondary N) is 1. The van der Waals surface area contributed by atoms with Gasteiger partial charge < -0.3 is 14.8 Å². The predicted octanol–water partition coefficient (Wildman–Crippen LogP) is 1.22. The van der Waals surface area contributed by atoms with E-state index in [-0.39, 0.29) is 12.0 Å². The van der Waals surface area contributed by atoms with Gasteiger partial charge in [0.1, 0.15) is 11.9 Å². The molecule has 0 unspecified atom stereocenters. The van der Waals surface area contributed by atoms with E-state index in [0.29, 0.717) is 0 Å². The van der Waals surface area contributed by atoms with Crippen LogP contribution in [0.5, 0.6) is 0 Å². The topological polar surface area (TPSA) is 81.7 Å². The number of esters is 2. The summed E-state index contributed by atoms with van der Waals surface area (Å²) in [4.78, 5) is 34.6. The lowest BCUT2D eigenvalue weighted by molar-refractivity contribution is -0.143. The van der Waals surface area contributed by atoms with Gasteiger partial charge in [0.05, 0.1) is 19.8 Å². The van der Waals surface area contributed by atoms with Crippen molar-refractivity contribution in [2.24, 2.45) is 0 Å². The first-order valence-electron chi connectivity index (χ1n) is 6.37. The molecule has 1 aromatic rings. The lowest BCUT2D eigenvalue weighted by Gasteiger charge is -2.15. The zero-order valence-electron chi connectivity index (χ0n) is 12.2. The largest absolute Gasteiger partial charge is 0.467 e. The van der Waals surface area contributed by atoms with E-state index >= 15 is 0 Å². The quantitative estimate of drug-likeness (QED) is 0.631. The molecule has 7 heteroatoms. The number of benzene rings is 1. The predicted molar refractivity (Wildman–Crippen MR) is 75.4 cm³/mol. The van der Waals surface area contributed by atoms with E-state index in [2.05, 4.69) is 14.8 Å². The third-order valence-corrected chi connectivity index (χ3v) is 2.74. The standard InChI is InChI=1S/C15H16FNO5/c1-21-13(18)9-5-8-12(15(20)22-2)17-14(19)10-6-3-4-7-11(10)16/h3-7,9,12H,8H2,1-2H3,(H,17,19)/b9-5+/t12-/m0/s1. The van der Waals surface area contributed by atoms with Gasteiger partial charge in [0.15, 0.2) is 0 Å². The second-order valence-electron chi connectivity index (χ2n) is 4.19. The van der Waals surface area contributed by atoms with Gasteiger partial charge in [-0.3, -0.25) is 4.79 Å². The van der Waals surface area contributed by atoms with E-state index in [1.54, 1.807) is 0 Å². The van der Waals surface area contributed by atoms with Gasteiger partial charge >= 0.3 is 11.9 Å². The highest BCUT2D eigenvalue weighted by molar-refractivity contribution is 5.97. The number of methoxy groups -OCH3 is 2. The molecule has 0 heterocycles. The molecular weight excluding hydrogens is 293 g/mol. The van der Waals surface area contributed by atoms with Gasteiger partial charge in [-0.1, -0.05) is 18.2 Å². The Kier molecular flexibility index (Phi) is 6.75. The molecule has 0 bridgehead atoms. The molecule has 0 aliphatic heterocycles. The molecule has 0 radical (unpaired) electrons. The Morgan fingerprint density at radius 2 is 1.91 bits per heavy atom. The number of ether oxygens (including phenoxy) is 2. The summed E-state index contributed by atoms with van der Waals surface area (Å²) in [6, 6.07) is 4.34. The third-order valence-electron chi connectivity index (χ3n) is 2.74. The zero-order valence-corrected chi connectivity index (χ0v) is 12.2. The number of halogens is 1. The van der Waals surface area contributed by atoms with Crippen molar-refractivity contribution in [2.45, 2.75) is 12.5 Å². The Hall–Kier alpha value is -2.70. The summed E-state index contributed by atoms with van der Waals surface area (Å²) < 4.78 is 22.5. The van der Waals surface area contributed by atoms with Crippen LogP contribution in [0.4, 0.5) is 4.39 Å². The molecule has 0 saturated carbocycles. The molecular formula is C15H16FNO5. The van der Waals surface area contributed by atoms with Crippen molar-refractivity contribution in [2.75, 3.05) is 14.2 Å². The SMILES string of the molecule is COC(=O)/C=C/C[C@H](NC(=O)c1ccccc1F)C(=O)OC. The molecule has 0 spiro atoms. The van der Waals surface area contributed by atoms with Crippen molar-refractivity contribution in [1.82, 2.24) is 5.32 Å². The van der Waals surface area contributed by atoms with E-state index in [1.807, 2.05) is 0 Å². The summed E-state index contributed by atoms with van der Waals surface area (Å²) in [6.07, 6.45) is 2.47. The molecule has 1 N–H and O–H groups in total. The minimum Gasteiger partial charge on any atom is -0.467 e. The minimum absolute atomic E-state index is 0.00195. The molecule has 1 rings (SSSR count). The molecule has 0 aromatic heterocycles. The van der Waals surface area contributed by atoms with Gasteiger partial charge in [0.2, 0.25) is 0 Å². The summed E-state index contributed by atoms with van der Waals surface area (Å²) in [5, 5.41) is 2.36. The van der Waals surface area contributed by atoms with Crippen LogP contribution in [0.2, 0.25) is 0 Å². The second kappa shape index (κ2) is 8.56. The maximum Gasteiger partial charge on any atom is 0.330 e. The first-order valence-corrected chi connectivity index (χ1v) is 6.37. The van der Waals surface area contributed by atoms with Gasteiger partial charge in [0.25, 0.3) is 5.91 Å². The Morgan fingerprint density at radius 1 is 1.23 bits per heavy atom. The third kappa shape index (κ3) is 5.01. The fourth-order valence-electron chi connectivity index (χ4n) is 1.61. The number of carbonyl (C=O) groups is 3. The highest BCUT2D eigenvalue weighted by Crippen LogP contribution is 2.07. The number of hydrogen-bond acceptors (Lipinski definition) is 5. The maximum absolute atomic E-state index is 13.5. The van der Waals surface area contributed by atoms with Crippen molar-refractivity contribution in [1.29, 1.82) is 0 Å². The van der Waals surface area contributed by atoms with Crippen LogP contribution in [-0.2, 0) is 19.1 Å². The van der Waals surface area contributed by atoms with Crippen molar-refractivity contribution >= 4 is 17.8 Å². The van der Waals surface area contributed by atoms with Crippen molar-refractivity contribution in [3.05, 3.63) is 47.8 Å². The monoisotopic (exact) mass is 309 g/mol. The molecule has 0 fully saturated rings. The van der Waals surface area contributed by atoms with E-state index in [0.717, 1.165) is 19.3 Å². The van der Waals surface area contributed by atoms with Gasteiger partial charge in [-0.2, -0.15) is 0 Å². The van der Waals surface area contributed by atoms with Crippen LogP contribution in [0.25, 0.3) is 0 Å². The molecule has 118 valence electrons. The van der Waals surface area contributed by atoms with Crippen LogP contribution >= 0.6 is 0 Å². The summed E-state index contributed by atoms with van der Waals surface area (Å²) in [6.45, 7) is 0. The molecule has 0 aliphatic carbocycles. The van der Waals surface area contributed by atoms with Gasteiger partial charge in [-0.05, 0) is 18.6 Å². The average molecular weight is 309 g/mol. The molecule has 0 aliphatic rings. The van der Waals surface area contributed by atoms with Crippen LogP contribution in [0.15, 0.2) is 36.4 Å². The lowest BCUT2D eigenvalue weighted by Crippen LogP contribution is -2.41. The molecule has 1 aromatic carbocycles. The number of carbonyl (C=O) groups excluding carboxylic acids is 3. The Balaban J connectivity index is 2.79. The van der Waals surface area contributed by atoms with Crippen LogP contribution in [0.3, 0.4) is 0 Å². The molecule has 0 saturated heterocycles. The first-order chi connectivity index (χ1) is 10.5. The number of rotatable bonds is 6. The highest BCUT2D eigenvalue weighted by atomic mass is 19.1. The van der Waals surface area contributed by atoms with E-state index in [9.17, 15) is 18.8 Å². The average Bonchev–Trinajstić information content (AvgIpc) is 2.53. The number of amides is 1. The van der Waals surface area contributed by atoms with Crippen molar-refractivity contribution < 1.29 is 28.2 Å². The molecule has 1 amide bonds. The molecule has 6 nitrogen and oxygen atoms in total.